The molecule has 3 rings (SSSR count). The molecule has 0 fully saturated rings. The van der Waals surface area contributed by atoms with E-state index < -0.39 is 11.6 Å². The zero-order valence-electron chi connectivity index (χ0n) is 14.8. The minimum absolute atomic E-state index is 0.342. The van der Waals surface area contributed by atoms with E-state index in [-0.39, 0.29) is 19.1 Å². The summed E-state index contributed by atoms with van der Waals surface area (Å²) in [4.78, 5) is 37.5. The van der Waals surface area contributed by atoms with Crippen LogP contribution >= 0.6 is 22.9 Å². The fraction of sp³-hybridized carbons (Fsp3) is 0.211. The second-order valence-electron chi connectivity index (χ2n) is 5.86. The first-order chi connectivity index (χ1) is 13.4. The van der Waals surface area contributed by atoms with E-state index in [1.807, 2.05) is 6.07 Å². The van der Waals surface area contributed by atoms with Crippen molar-refractivity contribution in [3.05, 3.63) is 62.1 Å². The predicted octanol–water partition coefficient (Wildman–Crippen LogP) is 3.09. The van der Waals surface area contributed by atoms with Gasteiger partial charge in [-0.25, -0.2) is 9.59 Å². The van der Waals surface area contributed by atoms with Gasteiger partial charge in [-0.2, -0.15) is 0 Å². The van der Waals surface area contributed by atoms with Crippen molar-refractivity contribution in [1.29, 1.82) is 0 Å². The number of likely N-dealkylation sites (N-methyl/N-ethyl adjacent to an activating group) is 1. The molecule has 0 unspecified atom stereocenters. The first-order valence-corrected chi connectivity index (χ1v) is 9.41. The number of hydrogen-bond acceptors (Lipinski definition) is 7. The van der Waals surface area contributed by atoms with Gasteiger partial charge in [-0.15, -0.1) is 11.3 Å². The Balaban J connectivity index is 1.46. The Morgan fingerprint density at radius 1 is 1.14 bits per heavy atom. The van der Waals surface area contributed by atoms with Crippen LogP contribution in [-0.4, -0.2) is 37.0 Å². The molecule has 0 aliphatic heterocycles. The van der Waals surface area contributed by atoms with Gasteiger partial charge in [-0.3, -0.25) is 4.79 Å². The molecule has 146 valence electrons. The van der Waals surface area contributed by atoms with Gasteiger partial charge in [0, 0.05) is 29.4 Å². The highest BCUT2D eigenvalue weighted by Crippen LogP contribution is 2.22. The maximum absolute atomic E-state index is 12.0. The van der Waals surface area contributed by atoms with Crippen LogP contribution in [0.15, 0.2) is 51.7 Å². The zero-order chi connectivity index (χ0) is 20.1. The van der Waals surface area contributed by atoms with Crippen molar-refractivity contribution in [2.24, 2.45) is 0 Å². The van der Waals surface area contributed by atoms with Gasteiger partial charge in [0.25, 0.3) is 5.91 Å². The van der Waals surface area contributed by atoms with Crippen molar-refractivity contribution in [2.75, 3.05) is 20.3 Å². The fourth-order valence-corrected chi connectivity index (χ4v) is 3.47. The van der Waals surface area contributed by atoms with E-state index >= 15 is 0 Å². The minimum Gasteiger partial charge on any atom is -0.482 e. The van der Waals surface area contributed by atoms with Crippen LogP contribution in [0.25, 0.3) is 11.0 Å². The number of halogens is 1. The number of esters is 1. The summed E-state index contributed by atoms with van der Waals surface area (Å²) >= 11 is 7.24. The molecule has 9 heteroatoms. The molecule has 3 aromatic rings. The Kier molecular flexibility index (Phi) is 6.33. The lowest BCUT2D eigenvalue weighted by molar-refractivity contribution is -0.153. The van der Waals surface area contributed by atoms with E-state index in [0.29, 0.717) is 22.2 Å². The van der Waals surface area contributed by atoms with Gasteiger partial charge < -0.3 is 18.8 Å². The minimum atomic E-state index is -0.685. The number of carbonyl (C=O) groups excluding carboxylic acids is 2. The maximum Gasteiger partial charge on any atom is 0.344 e. The monoisotopic (exact) mass is 421 g/mol. The first kappa shape index (κ1) is 19.9. The second kappa shape index (κ2) is 8.90. The lowest BCUT2D eigenvalue weighted by Crippen LogP contribution is -2.31. The molecule has 1 amide bonds. The molecular weight excluding hydrogens is 406 g/mol. The third-order valence-corrected chi connectivity index (χ3v) is 4.97. The summed E-state index contributed by atoms with van der Waals surface area (Å²) in [6.07, 6.45) is 0. The second-order valence-corrected chi connectivity index (χ2v) is 7.66. The van der Waals surface area contributed by atoms with E-state index in [9.17, 15) is 14.4 Å². The summed E-state index contributed by atoms with van der Waals surface area (Å²) in [6, 6.07) is 11.4. The van der Waals surface area contributed by atoms with Crippen molar-refractivity contribution in [3.63, 3.8) is 0 Å². The molecule has 2 heterocycles. The number of amides is 1. The highest BCUT2D eigenvalue weighted by Gasteiger charge is 2.14. The van der Waals surface area contributed by atoms with Crippen LogP contribution in [0.3, 0.4) is 0 Å². The van der Waals surface area contributed by atoms with Crippen molar-refractivity contribution in [1.82, 2.24) is 4.90 Å². The Labute approximate surface area is 169 Å². The molecule has 28 heavy (non-hydrogen) atoms. The number of rotatable bonds is 7. The number of carbonyl (C=O) groups is 2. The zero-order valence-corrected chi connectivity index (χ0v) is 16.4. The molecule has 1 aromatic carbocycles. The molecule has 0 aliphatic rings. The van der Waals surface area contributed by atoms with Crippen molar-refractivity contribution < 1.29 is 23.5 Å². The molecule has 7 nitrogen and oxygen atoms in total. The van der Waals surface area contributed by atoms with Crippen LogP contribution in [0.4, 0.5) is 0 Å². The van der Waals surface area contributed by atoms with Crippen LogP contribution < -0.4 is 10.4 Å². The topological polar surface area (TPSA) is 86.0 Å². The van der Waals surface area contributed by atoms with Gasteiger partial charge in [0.05, 0.1) is 10.9 Å². The number of ether oxygens (including phenoxy) is 2. The Morgan fingerprint density at radius 2 is 1.93 bits per heavy atom. The van der Waals surface area contributed by atoms with Crippen molar-refractivity contribution in [3.8, 4) is 5.75 Å². The average molecular weight is 422 g/mol. The third-order valence-electron chi connectivity index (χ3n) is 3.76. The molecule has 0 saturated carbocycles. The summed E-state index contributed by atoms with van der Waals surface area (Å²) < 4.78 is 16.0. The van der Waals surface area contributed by atoms with E-state index in [1.54, 1.807) is 31.3 Å². The van der Waals surface area contributed by atoms with Gasteiger partial charge in [-0.1, -0.05) is 11.6 Å². The van der Waals surface area contributed by atoms with Crippen LogP contribution in [0.2, 0.25) is 4.34 Å². The van der Waals surface area contributed by atoms with Crippen molar-refractivity contribution >= 4 is 45.8 Å². The smallest absolute Gasteiger partial charge is 0.344 e. The molecule has 0 aliphatic carbocycles. The number of fused-ring (bicyclic) bond motifs is 1. The molecule has 0 N–H and O–H groups in total. The third kappa shape index (κ3) is 5.34. The molecule has 0 atom stereocenters. The fourth-order valence-electron chi connectivity index (χ4n) is 2.33. The number of thiophene rings is 1. The van der Waals surface area contributed by atoms with Gasteiger partial charge in [0.15, 0.2) is 13.2 Å². The van der Waals surface area contributed by atoms with Gasteiger partial charge in [-0.05, 0) is 30.3 Å². The van der Waals surface area contributed by atoms with E-state index in [1.165, 1.54) is 28.4 Å². The molecule has 0 spiro atoms. The van der Waals surface area contributed by atoms with Gasteiger partial charge >= 0.3 is 11.6 Å². The first-order valence-electron chi connectivity index (χ1n) is 8.21. The molecule has 0 bridgehead atoms. The van der Waals surface area contributed by atoms with E-state index in [2.05, 4.69) is 0 Å². The van der Waals surface area contributed by atoms with Gasteiger partial charge in [0.1, 0.15) is 11.3 Å². The number of nitrogens with zero attached hydrogens (tertiary/aromatic N) is 1. The molecule has 2 aromatic heterocycles. The average Bonchev–Trinajstić information content (AvgIpc) is 3.08. The highest BCUT2D eigenvalue weighted by atomic mass is 35.5. The summed E-state index contributed by atoms with van der Waals surface area (Å²) in [6.45, 7) is -0.378. The lowest BCUT2D eigenvalue weighted by atomic mass is 10.2. The SMILES string of the molecule is CN(Cc1ccc(Cl)s1)C(=O)COC(=O)COc1ccc2ccc(=O)oc2c1. The lowest BCUT2D eigenvalue weighted by Gasteiger charge is -2.16. The quantitative estimate of drug-likeness (QED) is 0.430. The van der Waals surface area contributed by atoms with Crippen LogP contribution in [0.1, 0.15) is 4.88 Å². The number of benzene rings is 1. The number of hydrogen-bond donors (Lipinski definition) is 0. The van der Waals surface area contributed by atoms with Crippen LogP contribution in [-0.2, 0) is 20.9 Å². The predicted molar refractivity (Wildman–Crippen MR) is 105 cm³/mol. The Morgan fingerprint density at radius 3 is 2.68 bits per heavy atom. The normalized spacial score (nSPS) is 10.6. The summed E-state index contributed by atoms with van der Waals surface area (Å²) in [5, 5.41) is 0.732. The van der Waals surface area contributed by atoms with Crippen LogP contribution in [0, 0.1) is 0 Å². The maximum atomic E-state index is 12.0. The largest absolute Gasteiger partial charge is 0.482 e. The molecule has 0 radical (unpaired) electrons. The highest BCUT2D eigenvalue weighted by molar-refractivity contribution is 7.16. The summed E-state index contributed by atoms with van der Waals surface area (Å²) in [5.74, 6) is -0.683. The molecule has 0 saturated heterocycles. The van der Waals surface area contributed by atoms with E-state index in [4.69, 9.17) is 25.5 Å². The van der Waals surface area contributed by atoms with Crippen molar-refractivity contribution in [2.45, 2.75) is 6.54 Å². The Hall–Kier alpha value is -2.84. The molecular formula is C19H16ClNO6S. The Bertz CT molecular complexity index is 1060. The standard InChI is InChI=1S/C19H16ClNO6S/c1-21(9-14-5-6-16(20)28-14)17(22)10-26-19(24)11-25-13-4-2-12-3-7-18(23)27-15(12)8-13/h2-8H,9-11H2,1H3. The summed E-state index contributed by atoms with van der Waals surface area (Å²) in [5.41, 5.74) is -0.125. The van der Waals surface area contributed by atoms with E-state index in [0.717, 1.165) is 10.3 Å². The van der Waals surface area contributed by atoms with Crippen LogP contribution in [0.5, 0.6) is 5.75 Å². The summed E-state index contributed by atoms with van der Waals surface area (Å²) in [7, 11) is 1.61. The van der Waals surface area contributed by atoms with Gasteiger partial charge in [0.2, 0.25) is 0 Å².